The Kier molecular flexibility index (Phi) is 5.77. The zero-order valence-electron chi connectivity index (χ0n) is 16.6. The Labute approximate surface area is 186 Å². The van der Waals surface area contributed by atoms with Crippen LogP contribution in [0.15, 0.2) is 62.1 Å². The summed E-state index contributed by atoms with van der Waals surface area (Å²) < 4.78 is 7.63. The molecule has 0 amide bonds. The molecule has 3 aromatic rings. The van der Waals surface area contributed by atoms with Crippen LogP contribution in [0, 0.1) is 0 Å². The van der Waals surface area contributed by atoms with E-state index in [4.69, 9.17) is 16.3 Å². The van der Waals surface area contributed by atoms with Crippen molar-refractivity contribution < 1.29 is 9.53 Å². The normalized spacial score (nSPS) is 16.6. The molecule has 0 saturated carbocycles. The van der Waals surface area contributed by atoms with Gasteiger partial charge in [0.15, 0.2) is 4.80 Å². The van der Waals surface area contributed by atoms with Crippen LogP contribution in [0.5, 0.6) is 0 Å². The number of rotatable bonds is 4. The van der Waals surface area contributed by atoms with E-state index in [0.29, 0.717) is 25.6 Å². The topological polar surface area (TPSA) is 60.7 Å². The van der Waals surface area contributed by atoms with Gasteiger partial charge in [0.1, 0.15) is 0 Å². The zero-order valence-corrected chi connectivity index (χ0v) is 19.0. The summed E-state index contributed by atoms with van der Waals surface area (Å²) in [5.74, 6) is -0.474. The van der Waals surface area contributed by atoms with Crippen LogP contribution in [0.3, 0.4) is 0 Å². The minimum Gasteiger partial charge on any atom is -0.459 e. The number of benzene rings is 1. The maximum absolute atomic E-state index is 13.4. The molecule has 5 nitrogen and oxygen atoms in total. The number of carbonyl (C=O) groups is 1. The fourth-order valence-electron chi connectivity index (χ4n) is 3.33. The van der Waals surface area contributed by atoms with Gasteiger partial charge in [-0.2, -0.15) is 11.3 Å². The number of halogens is 1. The first kappa shape index (κ1) is 20.8. The van der Waals surface area contributed by atoms with Crippen molar-refractivity contribution >= 4 is 46.3 Å². The largest absolute Gasteiger partial charge is 0.459 e. The van der Waals surface area contributed by atoms with E-state index in [2.05, 4.69) is 4.99 Å². The van der Waals surface area contributed by atoms with Crippen molar-refractivity contribution in [2.45, 2.75) is 32.9 Å². The number of hydrogen-bond donors (Lipinski definition) is 0. The first-order chi connectivity index (χ1) is 14.3. The van der Waals surface area contributed by atoms with E-state index in [-0.39, 0.29) is 11.7 Å². The summed E-state index contributed by atoms with van der Waals surface area (Å²) in [6, 6.07) is 8.47. The average Bonchev–Trinajstić information content (AvgIpc) is 3.29. The molecule has 30 heavy (non-hydrogen) atoms. The number of nitrogens with zero attached hydrogens (tertiary/aromatic N) is 2. The van der Waals surface area contributed by atoms with E-state index in [1.165, 1.54) is 11.3 Å². The standard InChI is InChI=1S/C22H19ClN2O3S2/c1-12(2)28-21(27)18-13(3)24-22-25(19(18)15-4-6-16(23)7-5-15)20(26)17(30-22)10-14-8-9-29-11-14/h4-12,19H,1-3H3/t19-/m1/s1. The summed E-state index contributed by atoms with van der Waals surface area (Å²) in [6.45, 7) is 5.36. The Morgan fingerprint density at radius 1 is 1.27 bits per heavy atom. The third-order valence-electron chi connectivity index (χ3n) is 4.61. The third-order valence-corrected chi connectivity index (χ3v) is 6.55. The molecule has 1 aliphatic heterocycles. The molecular weight excluding hydrogens is 440 g/mol. The lowest BCUT2D eigenvalue weighted by atomic mass is 9.96. The highest BCUT2D eigenvalue weighted by atomic mass is 35.5. The number of allylic oxidation sites excluding steroid dienone is 1. The van der Waals surface area contributed by atoms with Gasteiger partial charge in [0.2, 0.25) is 0 Å². The Morgan fingerprint density at radius 2 is 2.00 bits per heavy atom. The van der Waals surface area contributed by atoms with Crippen LogP contribution in [0.1, 0.15) is 37.9 Å². The molecule has 0 N–H and O–H groups in total. The Hall–Kier alpha value is -2.48. The van der Waals surface area contributed by atoms with Gasteiger partial charge in [-0.3, -0.25) is 9.36 Å². The summed E-state index contributed by atoms with van der Waals surface area (Å²) in [4.78, 5) is 31.5. The van der Waals surface area contributed by atoms with Crippen LogP contribution in [0.4, 0.5) is 0 Å². The highest BCUT2D eigenvalue weighted by Crippen LogP contribution is 2.31. The van der Waals surface area contributed by atoms with Gasteiger partial charge in [0.05, 0.1) is 27.9 Å². The summed E-state index contributed by atoms with van der Waals surface area (Å²) >= 11 is 8.95. The molecule has 8 heteroatoms. The first-order valence-electron chi connectivity index (χ1n) is 9.36. The molecule has 0 aliphatic carbocycles. The summed E-state index contributed by atoms with van der Waals surface area (Å²) in [5.41, 5.74) is 2.45. The van der Waals surface area contributed by atoms with Crippen molar-refractivity contribution in [2.75, 3.05) is 0 Å². The minimum absolute atomic E-state index is 0.188. The molecule has 2 aromatic heterocycles. The molecule has 154 valence electrons. The molecule has 0 fully saturated rings. The van der Waals surface area contributed by atoms with Crippen molar-refractivity contribution in [1.82, 2.24) is 4.57 Å². The van der Waals surface area contributed by atoms with Crippen molar-refractivity contribution in [3.63, 3.8) is 0 Å². The number of aromatic nitrogens is 1. The van der Waals surface area contributed by atoms with Crippen molar-refractivity contribution in [3.05, 3.63) is 88.2 Å². The van der Waals surface area contributed by atoms with Gasteiger partial charge >= 0.3 is 5.97 Å². The highest BCUT2D eigenvalue weighted by molar-refractivity contribution is 7.08. The van der Waals surface area contributed by atoms with Crippen LogP contribution in [-0.4, -0.2) is 16.6 Å². The number of carbonyl (C=O) groups excluding carboxylic acids is 1. The fraction of sp³-hybridized carbons (Fsp3) is 0.227. The number of thiazole rings is 1. The molecule has 1 aromatic carbocycles. The van der Waals surface area contributed by atoms with Gasteiger partial charge in [-0.1, -0.05) is 35.1 Å². The van der Waals surface area contributed by atoms with Gasteiger partial charge in [-0.15, -0.1) is 0 Å². The first-order valence-corrected chi connectivity index (χ1v) is 11.5. The Bertz CT molecular complexity index is 1300. The predicted molar refractivity (Wildman–Crippen MR) is 121 cm³/mol. The van der Waals surface area contributed by atoms with Crippen molar-refractivity contribution in [2.24, 2.45) is 4.99 Å². The lowest BCUT2D eigenvalue weighted by Crippen LogP contribution is -2.40. The molecule has 0 saturated heterocycles. The lowest BCUT2D eigenvalue weighted by molar-refractivity contribution is -0.143. The van der Waals surface area contributed by atoms with E-state index in [1.807, 2.05) is 35.0 Å². The maximum Gasteiger partial charge on any atom is 0.338 e. The second kappa shape index (κ2) is 8.34. The fourth-order valence-corrected chi connectivity index (χ4v) is 5.12. The lowest BCUT2D eigenvalue weighted by Gasteiger charge is -2.25. The van der Waals surface area contributed by atoms with Crippen LogP contribution in [0.25, 0.3) is 6.08 Å². The van der Waals surface area contributed by atoms with Gasteiger partial charge in [0, 0.05) is 5.02 Å². The SMILES string of the molecule is CC1=C(C(=O)OC(C)C)[C@@H](c2ccc(Cl)cc2)n2c(sc(=Cc3ccsc3)c2=O)=N1. The number of ether oxygens (including phenoxy) is 1. The number of esters is 1. The van der Waals surface area contributed by atoms with Crippen molar-refractivity contribution in [3.8, 4) is 0 Å². The summed E-state index contributed by atoms with van der Waals surface area (Å²) in [6.07, 6.45) is 1.57. The quantitative estimate of drug-likeness (QED) is 0.557. The minimum atomic E-state index is -0.630. The molecule has 3 heterocycles. The monoisotopic (exact) mass is 458 g/mol. The molecule has 0 radical (unpaired) electrons. The Balaban J connectivity index is 1.95. The van der Waals surface area contributed by atoms with Crippen LogP contribution >= 0.6 is 34.3 Å². The number of fused-ring (bicyclic) bond motifs is 1. The van der Waals surface area contributed by atoms with E-state index < -0.39 is 12.0 Å². The average molecular weight is 459 g/mol. The molecule has 0 spiro atoms. The molecule has 1 aliphatic rings. The second-order valence-electron chi connectivity index (χ2n) is 7.14. The molecule has 0 bridgehead atoms. The summed E-state index contributed by atoms with van der Waals surface area (Å²) in [5, 5.41) is 4.52. The van der Waals surface area contributed by atoms with Crippen LogP contribution < -0.4 is 14.9 Å². The van der Waals surface area contributed by atoms with Gasteiger partial charge in [0.25, 0.3) is 5.56 Å². The molecule has 4 rings (SSSR count). The van der Waals surface area contributed by atoms with Crippen LogP contribution in [0.2, 0.25) is 5.02 Å². The zero-order chi connectivity index (χ0) is 21.4. The smallest absolute Gasteiger partial charge is 0.338 e. The summed E-state index contributed by atoms with van der Waals surface area (Å²) in [7, 11) is 0. The Morgan fingerprint density at radius 3 is 2.63 bits per heavy atom. The number of thiophene rings is 1. The van der Waals surface area contributed by atoms with E-state index in [9.17, 15) is 9.59 Å². The van der Waals surface area contributed by atoms with Crippen molar-refractivity contribution in [1.29, 1.82) is 0 Å². The van der Waals surface area contributed by atoms with E-state index >= 15 is 0 Å². The molecular formula is C22H19ClN2O3S2. The van der Waals surface area contributed by atoms with E-state index in [1.54, 1.807) is 48.8 Å². The third kappa shape index (κ3) is 3.93. The molecule has 0 unspecified atom stereocenters. The maximum atomic E-state index is 13.4. The van der Waals surface area contributed by atoms with Gasteiger partial charge < -0.3 is 4.74 Å². The van der Waals surface area contributed by atoms with Gasteiger partial charge in [-0.25, -0.2) is 9.79 Å². The molecule has 1 atom stereocenters. The highest BCUT2D eigenvalue weighted by Gasteiger charge is 2.33. The van der Waals surface area contributed by atoms with Gasteiger partial charge in [-0.05, 0) is 66.9 Å². The number of hydrogen-bond acceptors (Lipinski definition) is 6. The predicted octanol–water partition coefficient (Wildman–Crippen LogP) is 3.90. The second-order valence-corrected chi connectivity index (χ2v) is 9.37. The van der Waals surface area contributed by atoms with E-state index in [0.717, 1.165) is 11.1 Å². The van der Waals surface area contributed by atoms with Crippen LogP contribution in [-0.2, 0) is 9.53 Å².